The highest BCUT2D eigenvalue weighted by Crippen LogP contribution is 2.65. The monoisotopic (exact) mass is 388 g/mol. The highest BCUT2D eigenvalue weighted by atomic mass is 16.6. The molecule has 0 bridgehead atoms. The van der Waals surface area contributed by atoms with E-state index in [1.165, 1.54) is 13.8 Å². The minimum absolute atomic E-state index is 0.0231. The van der Waals surface area contributed by atoms with Crippen molar-refractivity contribution in [3.8, 4) is 0 Å². The lowest BCUT2D eigenvalue weighted by atomic mass is 9.44. The van der Waals surface area contributed by atoms with Crippen LogP contribution in [0.5, 0.6) is 0 Å². The summed E-state index contributed by atoms with van der Waals surface area (Å²) in [4.78, 5) is 50.0. The second-order valence-corrected chi connectivity index (χ2v) is 10.4. The van der Waals surface area contributed by atoms with Crippen LogP contribution < -0.4 is 0 Å². The number of Topliss-reactive ketones (excluding diaryl/α,β-unsaturated/α-hetero) is 3. The standard InChI is InChI=1S/C23H32O5/c1-13(24)23(28-14(2)25)10-9-21(3)15(12-23)11-18(26)20-16-5-6-19(27)22(16,4)8-7-17(20)21/h15-17,20H,5-12H2,1-4H3/t15-,16-,17-,20-,21-,22-,23-/m0/s1. The van der Waals surface area contributed by atoms with Gasteiger partial charge < -0.3 is 4.74 Å². The summed E-state index contributed by atoms with van der Waals surface area (Å²) in [7, 11) is 0. The number of fused-ring (bicyclic) bond motifs is 5. The smallest absolute Gasteiger partial charge is 0.303 e. The van der Waals surface area contributed by atoms with Crippen LogP contribution in [0.1, 0.15) is 79.1 Å². The molecular formula is C23H32O5. The first kappa shape index (κ1) is 19.8. The Morgan fingerprint density at radius 1 is 1.00 bits per heavy atom. The molecule has 28 heavy (non-hydrogen) atoms. The number of hydrogen-bond acceptors (Lipinski definition) is 5. The molecule has 0 N–H and O–H groups in total. The fourth-order valence-corrected chi connectivity index (χ4v) is 7.44. The van der Waals surface area contributed by atoms with Gasteiger partial charge in [-0.2, -0.15) is 0 Å². The van der Waals surface area contributed by atoms with Gasteiger partial charge in [-0.1, -0.05) is 13.8 Å². The number of ether oxygens (including phenoxy) is 1. The van der Waals surface area contributed by atoms with Crippen molar-refractivity contribution in [2.24, 2.45) is 34.5 Å². The molecular weight excluding hydrogens is 356 g/mol. The predicted octanol–water partition coefficient (Wildman–Crippen LogP) is 3.67. The van der Waals surface area contributed by atoms with Gasteiger partial charge in [-0.05, 0) is 68.6 Å². The molecule has 5 nitrogen and oxygen atoms in total. The topological polar surface area (TPSA) is 77.5 Å². The fourth-order valence-electron chi connectivity index (χ4n) is 7.44. The second-order valence-electron chi connectivity index (χ2n) is 10.4. The quantitative estimate of drug-likeness (QED) is 0.675. The van der Waals surface area contributed by atoms with Crippen molar-refractivity contribution in [3.05, 3.63) is 0 Å². The molecule has 0 saturated heterocycles. The molecule has 4 aliphatic carbocycles. The zero-order valence-electron chi connectivity index (χ0n) is 17.5. The largest absolute Gasteiger partial charge is 0.451 e. The van der Waals surface area contributed by atoms with E-state index >= 15 is 0 Å². The van der Waals surface area contributed by atoms with E-state index in [-0.39, 0.29) is 46.1 Å². The molecule has 0 aromatic rings. The van der Waals surface area contributed by atoms with Crippen LogP contribution in [-0.4, -0.2) is 28.9 Å². The maximum atomic E-state index is 13.3. The number of hydrogen-bond donors (Lipinski definition) is 0. The van der Waals surface area contributed by atoms with E-state index in [1.807, 2.05) is 0 Å². The van der Waals surface area contributed by atoms with Crippen molar-refractivity contribution in [1.29, 1.82) is 0 Å². The van der Waals surface area contributed by atoms with Crippen LogP contribution in [0.25, 0.3) is 0 Å². The average Bonchev–Trinajstić information content (AvgIpc) is 2.91. The Kier molecular flexibility index (Phi) is 4.41. The molecule has 7 atom stereocenters. The Bertz CT molecular complexity index is 756. The average molecular weight is 389 g/mol. The Balaban J connectivity index is 1.66. The van der Waals surface area contributed by atoms with Crippen molar-refractivity contribution in [3.63, 3.8) is 0 Å². The number of carbonyl (C=O) groups excluding carboxylic acids is 4. The van der Waals surface area contributed by atoms with E-state index in [2.05, 4.69) is 13.8 Å². The van der Waals surface area contributed by atoms with Gasteiger partial charge >= 0.3 is 5.97 Å². The molecule has 0 aliphatic heterocycles. The van der Waals surface area contributed by atoms with Crippen LogP contribution in [0, 0.1) is 34.5 Å². The third-order valence-electron chi connectivity index (χ3n) is 9.20. The molecule has 4 rings (SSSR count). The Hall–Kier alpha value is -1.52. The van der Waals surface area contributed by atoms with Crippen molar-refractivity contribution < 1.29 is 23.9 Å². The number of carbonyl (C=O) groups is 4. The molecule has 0 amide bonds. The second kappa shape index (κ2) is 6.24. The zero-order valence-corrected chi connectivity index (χ0v) is 17.5. The summed E-state index contributed by atoms with van der Waals surface area (Å²) in [5.74, 6) is 0.533. The van der Waals surface area contributed by atoms with Gasteiger partial charge in [-0.3, -0.25) is 19.2 Å². The maximum absolute atomic E-state index is 13.3. The van der Waals surface area contributed by atoms with Crippen molar-refractivity contribution >= 4 is 23.3 Å². The van der Waals surface area contributed by atoms with E-state index < -0.39 is 11.6 Å². The number of esters is 1. The Morgan fingerprint density at radius 3 is 2.36 bits per heavy atom. The normalized spacial score (nSPS) is 47.7. The number of rotatable bonds is 2. The van der Waals surface area contributed by atoms with Crippen molar-refractivity contribution in [1.82, 2.24) is 0 Å². The lowest BCUT2D eigenvalue weighted by molar-refractivity contribution is -0.187. The van der Waals surface area contributed by atoms with Crippen LogP contribution in [-0.2, 0) is 23.9 Å². The van der Waals surface area contributed by atoms with Crippen LogP contribution in [0.15, 0.2) is 0 Å². The van der Waals surface area contributed by atoms with E-state index in [1.54, 1.807) is 0 Å². The zero-order chi connectivity index (χ0) is 20.5. The fraction of sp³-hybridized carbons (Fsp3) is 0.826. The molecule has 4 aliphatic rings. The van der Waals surface area contributed by atoms with Gasteiger partial charge in [0.05, 0.1) is 0 Å². The van der Waals surface area contributed by atoms with E-state index in [9.17, 15) is 19.2 Å². The minimum atomic E-state index is -1.07. The van der Waals surface area contributed by atoms with Crippen molar-refractivity contribution in [2.45, 2.75) is 84.7 Å². The van der Waals surface area contributed by atoms with Gasteiger partial charge in [0, 0.05) is 31.1 Å². The molecule has 0 spiro atoms. The summed E-state index contributed by atoms with van der Waals surface area (Å²) in [6.45, 7) is 7.20. The van der Waals surface area contributed by atoms with Crippen LogP contribution in [0.3, 0.4) is 0 Å². The van der Waals surface area contributed by atoms with E-state index in [0.29, 0.717) is 31.5 Å². The van der Waals surface area contributed by atoms with Crippen LogP contribution in [0.4, 0.5) is 0 Å². The predicted molar refractivity (Wildman–Crippen MR) is 102 cm³/mol. The van der Waals surface area contributed by atoms with Gasteiger partial charge in [-0.15, -0.1) is 0 Å². The molecule has 0 unspecified atom stereocenters. The third-order valence-corrected chi connectivity index (χ3v) is 9.20. The van der Waals surface area contributed by atoms with E-state index in [0.717, 1.165) is 25.7 Å². The molecule has 0 aromatic carbocycles. The molecule has 0 aromatic heterocycles. The summed E-state index contributed by atoms with van der Waals surface area (Å²) in [6.07, 6.45) is 5.44. The molecule has 154 valence electrons. The molecule has 4 saturated carbocycles. The summed E-state index contributed by atoms with van der Waals surface area (Å²) >= 11 is 0. The summed E-state index contributed by atoms with van der Waals surface area (Å²) in [5.41, 5.74) is -1.43. The van der Waals surface area contributed by atoms with Gasteiger partial charge in [0.2, 0.25) is 0 Å². The Morgan fingerprint density at radius 2 is 1.71 bits per heavy atom. The first-order valence-electron chi connectivity index (χ1n) is 10.8. The minimum Gasteiger partial charge on any atom is -0.451 e. The lowest BCUT2D eigenvalue weighted by Crippen LogP contribution is -2.60. The number of ketones is 3. The summed E-state index contributed by atoms with van der Waals surface area (Å²) < 4.78 is 5.56. The van der Waals surface area contributed by atoms with E-state index in [4.69, 9.17) is 4.74 Å². The molecule has 0 radical (unpaired) electrons. The highest BCUT2D eigenvalue weighted by molar-refractivity contribution is 5.91. The van der Waals surface area contributed by atoms with Gasteiger partial charge in [0.1, 0.15) is 11.6 Å². The van der Waals surface area contributed by atoms with Crippen LogP contribution in [0.2, 0.25) is 0 Å². The van der Waals surface area contributed by atoms with Gasteiger partial charge in [0.15, 0.2) is 11.4 Å². The molecule has 0 heterocycles. The maximum Gasteiger partial charge on any atom is 0.303 e. The van der Waals surface area contributed by atoms with Gasteiger partial charge in [-0.25, -0.2) is 0 Å². The van der Waals surface area contributed by atoms with Crippen LogP contribution >= 0.6 is 0 Å². The SMILES string of the molecule is CC(=O)O[C@@]1(C(C)=O)CC[C@@]2(C)[C@@H](CC(=O)[C@@H]3[C@@H]2CC[C@]2(C)C(=O)CC[C@@H]32)C1. The first-order valence-corrected chi connectivity index (χ1v) is 10.8. The summed E-state index contributed by atoms with van der Waals surface area (Å²) in [6, 6.07) is 0. The van der Waals surface area contributed by atoms with Crippen molar-refractivity contribution in [2.75, 3.05) is 0 Å². The first-order chi connectivity index (χ1) is 13.0. The molecule has 5 heteroatoms. The molecule has 4 fully saturated rings. The third kappa shape index (κ3) is 2.57. The van der Waals surface area contributed by atoms with Gasteiger partial charge in [0.25, 0.3) is 0 Å². The Labute approximate surface area is 167 Å². The summed E-state index contributed by atoms with van der Waals surface area (Å²) in [5, 5.41) is 0. The highest BCUT2D eigenvalue weighted by Gasteiger charge is 2.64. The lowest BCUT2D eigenvalue weighted by Gasteiger charge is -2.60.